The highest BCUT2D eigenvalue weighted by Crippen LogP contribution is 2.23. The van der Waals surface area contributed by atoms with Crippen molar-refractivity contribution in [2.75, 3.05) is 27.2 Å². The molecule has 2 aromatic carbocycles. The molecule has 0 bridgehead atoms. The van der Waals surface area contributed by atoms with Gasteiger partial charge in [-0.3, -0.25) is 15.0 Å². The van der Waals surface area contributed by atoms with Crippen LogP contribution in [0.2, 0.25) is 0 Å². The lowest BCUT2D eigenvalue weighted by Crippen LogP contribution is -2.31. The number of nitrogens with two attached hydrogens (primary N) is 1. The van der Waals surface area contributed by atoms with Gasteiger partial charge >= 0.3 is 0 Å². The molecule has 7 heteroatoms. The van der Waals surface area contributed by atoms with Crippen molar-refractivity contribution in [1.29, 1.82) is 5.41 Å². The van der Waals surface area contributed by atoms with Crippen LogP contribution in [0.4, 0.5) is 0 Å². The number of carbonyl (C=O) groups is 2. The van der Waals surface area contributed by atoms with Gasteiger partial charge < -0.3 is 20.7 Å². The monoisotopic (exact) mass is 368 g/mol. The highest BCUT2D eigenvalue weighted by atomic mass is 16.5. The Kier molecular flexibility index (Phi) is 6.93. The number of ether oxygens (including phenoxy) is 1. The van der Waals surface area contributed by atoms with Crippen LogP contribution in [0.25, 0.3) is 11.1 Å². The lowest BCUT2D eigenvalue weighted by atomic mass is 10.0. The third-order valence-corrected chi connectivity index (χ3v) is 3.99. The van der Waals surface area contributed by atoms with E-state index in [4.69, 9.17) is 15.9 Å². The molecule has 0 aliphatic heterocycles. The topological polar surface area (TPSA) is 109 Å². The quantitative estimate of drug-likeness (QED) is 0.488. The lowest BCUT2D eigenvalue weighted by Gasteiger charge is -2.17. The number of amidine groups is 1. The first-order valence-electron chi connectivity index (χ1n) is 8.53. The maximum Gasteiger partial charge on any atom is 0.253 e. The molecule has 0 saturated heterocycles. The van der Waals surface area contributed by atoms with E-state index in [2.05, 4.69) is 5.32 Å². The summed E-state index contributed by atoms with van der Waals surface area (Å²) in [4.78, 5) is 25.5. The molecule has 7 nitrogen and oxygen atoms in total. The molecule has 0 unspecified atom stereocenters. The summed E-state index contributed by atoms with van der Waals surface area (Å²) >= 11 is 0. The lowest BCUT2D eigenvalue weighted by molar-refractivity contribution is -0.120. The molecular formula is C20H24N4O3. The summed E-state index contributed by atoms with van der Waals surface area (Å²) in [5, 5.41) is 9.72. The van der Waals surface area contributed by atoms with Crippen LogP contribution in [0.1, 0.15) is 16.8 Å². The van der Waals surface area contributed by atoms with Gasteiger partial charge in [0, 0.05) is 32.6 Å². The fourth-order valence-electron chi connectivity index (χ4n) is 2.45. The highest BCUT2D eigenvalue weighted by Gasteiger charge is 2.13. The van der Waals surface area contributed by atoms with Crippen LogP contribution in [0.15, 0.2) is 48.5 Å². The number of hydrogen-bond acceptors (Lipinski definition) is 4. The second-order valence-corrected chi connectivity index (χ2v) is 6.07. The van der Waals surface area contributed by atoms with Gasteiger partial charge in [-0.1, -0.05) is 24.3 Å². The van der Waals surface area contributed by atoms with Gasteiger partial charge in [-0.25, -0.2) is 0 Å². The second-order valence-electron chi connectivity index (χ2n) is 6.07. The van der Waals surface area contributed by atoms with Crippen molar-refractivity contribution in [2.45, 2.75) is 6.42 Å². The number of hydrogen-bond donors (Lipinski definition) is 3. The van der Waals surface area contributed by atoms with Crippen LogP contribution in [0.5, 0.6) is 5.75 Å². The summed E-state index contributed by atoms with van der Waals surface area (Å²) in [6.45, 7) is 0.399. The zero-order valence-electron chi connectivity index (χ0n) is 15.5. The maximum atomic E-state index is 12.6. The maximum absolute atomic E-state index is 12.6. The number of nitrogens with zero attached hydrogens (tertiary/aromatic N) is 1. The van der Waals surface area contributed by atoms with E-state index in [1.54, 1.807) is 32.3 Å². The zero-order chi connectivity index (χ0) is 19.8. The van der Waals surface area contributed by atoms with E-state index in [9.17, 15) is 9.59 Å². The molecule has 0 saturated carbocycles. The Hall–Kier alpha value is -3.35. The standard InChI is InChI=1S/C20H24N4O3/c1-23-19(25)10-11-24(2)20(26)16-5-3-4-15(12-16)14-6-8-17(9-7-14)27-13-18(21)22/h3-9,12H,10-11,13H2,1-2H3,(H3,21,22)(H,23,25). The van der Waals surface area contributed by atoms with Gasteiger partial charge in [0.05, 0.1) is 0 Å². The van der Waals surface area contributed by atoms with Gasteiger partial charge in [-0.15, -0.1) is 0 Å². The van der Waals surface area contributed by atoms with E-state index >= 15 is 0 Å². The van der Waals surface area contributed by atoms with Crippen molar-refractivity contribution in [3.05, 3.63) is 54.1 Å². The molecule has 0 aliphatic carbocycles. The molecule has 0 heterocycles. The van der Waals surface area contributed by atoms with Crippen molar-refractivity contribution < 1.29 is 14.3 Å². The Bertz CT molecular complexity index is 818. The Morgan fingerprint density at radius 1 is 1.15 bits per heavy atom. The van der Waals surface area contributed by atoms with Crippen LogP contribution >= 0.6 is 0 Å². The predicted octanol–water partition coefficient (Wildman–Crippen LogP) is 1.88. The average molecular weight is 368 g/mol. The van der Waals surface area contributed by atoms with Crippen molar-refractivity contribution in [2.24, 2.45) is 5.73 Å². The highest BCUT2D eigenvalue weighted by molar-refractivity contribution is 5.95. The number of nitrogens with one attached hydrogen (secondary N) is 2. The van der Waals surface area contributed by atoms with Crippen LogP contribution in [0.3, 0.4) is 0 Å². The van der Waals surface area contributed by atoms with Gasteiger partial charge in [-0.2, -0.15) is 0 Å². The van der Waals surface area contributed by atoms with E-state index in [1.165, 1.54) is 4.90 Å². The Morgan fingerprint density at radius 2 is 1.85 bits per heavy atom. The smallest absolute Gasteiger partial charge is 0.253 e. The van der Waals surface area contributed by atoms with Crippen molar-refractivity contribution >= 4 is 17.6 Å². The summed E-state index contributed by atoms with van der Waals surface area (Å²) in [5.74, 6) is 0.346. The molecule has 142 valence electrons. The van der Waals surface area contributed by atoms with Gasteiger partial charge in [-0.05, 0) is 35.4 Å². The average Bonchev–Trinajstić information content (AvgIpc) is 2.70. The molecular weight excluding hydrogens is 344 g/mol. The molecule has 0 fully saturated rings. The minimum atomic E-state index is -0.137. The number of amides is 2. The third-order valence-electron chi connectivity index (χ3n) is 3.99. The fraction of sp³-hybridized carbons (Fsp3) is 0.250. The molecule has 0 atom stereocenters. The molecule has 4 N–H and O–H groups in total. The first-order chi connectivity index (χ1) is 12.9. The van der Waals surface area contributed by atoms with Crippen LogP contribution in [-0.2, 0) is 4.79 Å². The molecule has 2 amide bonds. The van der Waals surface area contributed by atoms with Crippen LogP contribution < -0.4 is 15.8 Å². The van der Waals surface area contributed by atoms with Crippen molar-refractivity contribution in [3.8, 4) is 16.9 Å². The normalized spacial score (nSPS) is 10.1. The van der Waals surface area contributed by atoms with E-state index in [-0.39, 0.29) is 30.7 Å². The fourth-order valence-corrected chi connectivity index (χ4v) is 2.45. The molecule has 27 heavy (non-hydrogen) atoms. The Morgan fingerprint density at radius 3 is 2.48 bits per heavy atom. The molecule has 0 aliphatic rings. The van der Waals surface area contributed by atoms with Gasteiger partial charge in [0.1, 0.15) is 18.2 Å². The molecule has 2 aromatic rings. The summed E-state index contributed by atoms with van der Waals surface area (Å²) in [5.41, 5.74) is 7.68. The summed E-state index contributed by atoms with van der Waals surface area (Å²) < 4.78 is 5.36. The van der Waals surface area contributed by atoms with Gasteiger partial charge in [0.2, 0.25) is 5.91 Å². The number of benzene rings is 2. The Balaban J connectivity index is 2.09. The number of rotatable bonds is 8. The minimum absolute atomic E-state index is 0.0363. The first-order valence-corrected chi connectivity index (χ1v) is 8.53. The number of carbonyl (C=O) groups excluding carboxylic acids is 2. The van der Waals surface area contributed by atoms with Gasteiger partial charge in [0.25, 0.3) is 5.91 Å². The van der Waals surface area contributed by atoms with Crippen LogP contribution in [-0.4, -0.2) is 49.8 Å². The van der Waals surface area contributed by atoms with Crippen molar-refractivity contribution in [3.63, 3.8) is 0 Å². The Labute approximate surface area is 158 Å². The summed E-state index contributed by atoms with van der Waals surface area (Å²) in [6.07, 6.45) is 0.264. The van der Waals surface area contributed by atoms with Crippen molar-refractivity contribution in [1.82, 2.24) is 10.2 Å². The molecule has 0 radical (unpaired) electrons. The van der Waals surface area contributed by atoms with Gasteiger partial charge in [0.15, 0.2) is 0 Å². The minimum Gasteiger partial charge on any atom is -0.486 e. The molecule has 2 rings (SSSR count). The SMILES string of the molecule is CNC(=O)CCN(C)C(=O)c1cccc(-c2ccc(OCC(=N)N)cc2)c1. The van der Waals surface area contributed by atoms with Crippen LogP contribution in [0, 0.1) is 5.41 Å². The molecule has 0 spiro atoms. The predicted molar refractivity (Wildman–Crippen MR) is 105 cm³/mol. The molecule has 0 aromatic heterocycles. The summed E-state index contributed by atoms with van der Waals surface area (Å²) in [6, 6.07) is 14.7. The third kappa shape index (κ3) is 5.85. The van der Waals surface area contributed by atoms with E-state index in [1.807, 2.05) is 30.3 Å². The van der Waals surface area contributed by atoms with E-state index in [0.29, 0.717) is 17.9 Å². The van der Waals surface area contributed by atoms with E-state index in [0.717, 1.165) is 11.1 Å². The summed E-state index contributed by atoms with van der Waals surface area (Å²) in [7, 11) is 3.25. The zero-order valence-corrected chi connectivity index (χ0v) is 15.5. The second kappa shape index (κ2) is 9.38. The largest absolute Gasteiger partial charge is 0.486 e. The first kappa shape index (κ1) is 20.0. The van der Waals surface area contributed by atoms with E-state index < -0.39 is 0 Å².